The summed E-state index contributed by atoms with van der Waals surface area (Å²) in [5.41, 5.74) is 5.80. The van der Waals surface area contributed by atoms with E-state index < -0.39 is 0 Å². The van der Waals surface area contributed by atoms with Gasteiger partial charge < -0.3 is 9.47 Å². The van der Waals surface area contributed by atoms with Gasteiger partial charge in [0, 0.05) is 59.0 Å². The summed E-state index contributed by atoms with van der Waals surface area (Å²) in [5.74, 6) is 0. The molecule has 4 heteroatoms. The van der Waals surface area contributed by atoms with Crippen LogP contribution in [0, 0.1) is 0 Å². The summed E-state index contributed by atoms with van der Waals surface area (Å²) in [7, 11) is 0. The van der Waals surface area contributed by atoms with Gasteiger partial charge in [0.2, 0.25) is 0 Å². The van der Waals surface area contributed by atoms with Crippen molar-refractivity contribution < 1.29 is 0 Å². The number of hydrogen-bond donors (Lipinski definition) is 0. The Morgan fingerprint density at radius 1 is 0.583 bits per heavy atom. The summed E-state index contributed by atoms with van der Waals surface area (Å²) in [5, 5.41) is 3.80. The van der Waals surface area contributed by atoms with E-state index in [0.29, 0.717) is 0 Å². The number of nitrogens with zero attached hydrogens (tertiary/aromatic N) is 2. The zero-order valence-electron chi connectivity index (χ0n) is 19.3. The van der Waals surface area contributed by atoms with Crippen molar-refractivity contribution in [2.75, 3.05) is 4.90 Å². The van der Waals surface area contributed by atoms with Gasteiger partial charge in [-0.15, -0.1) is 11.3 Å². The first-order valence-electron chi connectivity index (χ1n) is 11.9. The molecule has 172 valence electrons. The highest BCUT2D eigenvalue weighted by Crippen LogP contribution is 2.41. The second kappa shape index (κ2) is 8.66. The molecule has 0 N–H and O–H groups in total. The molecule has 0 aliphatic rings. The van der Waals surface area contributed by atoms with Crippen LogP contribution in [0.2, 0.25) is 0 Å². The molecule has 7 rings (SSSR count). The minimum absolute atomic E-state index is 1.11. The number of thiophene rings is 1. The Morgan fingerprint density at radius 3 is 2.17 bits per heavy atom. The van der Waals surface area contributed by atoms with Gasteiger partial charge in [-0.25, -0.2) is 0 Å². The zero-order chi connectivity index (χ0) is 24.1. The molecule has 0 unspecified atom stereocenters. The Kier molecular flexibility index (Phi) is 5.16. The highest BCUT2D eigenvalue weighted by Gasteiger charge is 2.16. The molecule has 0 saturated carbocycles. The second-order valence-electron chi connectivity index (χ2n) is 8.86. The standard InChI is InChI=1S/C32H21BrN2S/c33-23-11-14-28-29-21-27(13-16-31(29)36-32(28)20-23)35(25-9-5-2-6-10-25)26-12-15-30-22(19-26)17-18-34(30)24-7-3-1-4-8-24/h1-21H. The van der Waals surface area contributed by atoms with Crippen LogP contribution in [-0.4, -0.2) is 4.57 Å². The summed E-state index contributed by atoms with van der Waals surface area (Å²) in [6, 6.07) is 43.4. The molecule has 2 heterocycles. The zero-order valence-corrected chi connectivity index (χ0v) is 21.7. The number of anilines is 3. The predicted molar refractivity (Wildman–Crippen MR) is 159 cm³/mol. The van der Waals surface area contributed by atoms with E-state index in [-0.39, 0.29) is 0 Å². The van der Waals surface area contributed by atoms with E-state index in [1.165, 1.54) is 36.8 Å². The van der Waals surface area contributed by atoms with Crippen LogP contribution in [-0.2, 0) is 0 Å². The van der Waals surface area contributed by atoms with Gasteiger partial charge in [0.1, 0.15) is 0 Å². The molecule has 0 radical (unpaired) electrons. The van der Waals surface area contributed by atoms with Crippen molar-refractivity contribution in [3.8, 4) is 5.69 Å². The van der Waals surface area contributed by atoms with Gasteiger partial charge in [-0.2, -0.15) is 0 Å². The average molecular weight is 546 g/mol. The van der Waals surface area contributed by atoms with Crippen LogP contribution in [0.5, 0.6) is 0 Å². The fourth-order valence-electron chi connectivity index (χ4n) is 4.99. The van der Waals surface area contributed by atoms with Gasteiger partial charge >= 0.3 is 0 Å². The van der Waals surface area contributed by atoms with Gasteiger partial charge in [-0.3, -0.25) is 0 Å². The molecule has 2 aromatic heterocycles. The molecule has 0 bridgehead atoms. The van der Waals surface area contributed by atoms with Gasteiger partial charge in [-0.05, 0) is 78.9 Å². The van der Waals surface area contributed by atoms with E-state index in [1.807, 2.05) is 11.3 Å². The molecule has 5 aromatic carbocycles. The van der Waals surface area contributed by atoms with E-state index in [4.69, 9.17) is 0 Å². The summed E-state index contributed by atoms with van der Waals surface area (Å²) < 4.78 is 5.96. The number of hydrogen-bond acceptors (Lipinski definition) is 2. The Hall–Kier alpha value is -3.86. The monoisotopic (exact) mass is 544 g/mol. The Labute approximate surface area is 221 Å². The molecule has 0 aliphatic heterocycles. The van der Waals surface area contributed by atoms with E-state index in [1.54, 1.807) is 0 Å². The van der Waals surface area contributed by atoms with Crippen molar-refractivity contribution in [3.05, 3.63) is 132 Å². The van der Waals surface area contributed by atoms with Crippen LogP contribution in [0.25, 0.3) is 36.8 Å². The SMILES string of the molecule is Brc1ccc2c(c1)sc1ccc(N(c3ccccc3)c3ccc4c(ccn4-c4ccccc4)c3)cc12. The molecule has 2 nitrogen and oxygen atoms in total. The van der Waals surface area contributed by atoms with Crippen LogP contribution in [0.1, 0.15) is 0 Å². The Morgan fingerprint density at radius 2 is 1.33 bits per heavy atom. The molecule has 0 amide bonds. The lowest BCUT2D eigenvalue weighted by Gasteiger charge is -2.26. The predicted octanol–water partition coefficient (Wildman–Crippen LogP) is 10.2. The third kappa shape index (κ3) is 3.62. The molecule has 36 heavy (non-hydrogen) atoms. The Bertz CT molecular complexity index is 1850. The number of rotatable bonds is 4. The minimum Gasteiger partial charge on any atom is -0.317 e. The van der Waals surface area contributed by atoms with Crippen molar-refractivity contribution >= 4 is 75.4 Å². The van der Waals surface area contributed by atoms with E-state index in [9.17, 15) is 0 Å². The maximum Gasteiger partial charge on any atom is 0.0529 e. The quantitative estimate of drug-likeness (QED) is 0.214. The van der Waals surface area contributed by atoms with Crippen LogP contribution < -0.4 is 4.90 Å². The summed E-state index contributed by atoms with van der Waals surface area (Å²) in [4.78, 5) is 2.35. The summed E-state index contributed by atoms with van der Waals surface area (Å²) in [6.07, 6.45) is 2.15. The van der Waals surface area contributed by atoms with Crippen LogP contribution in [0.4, 0.5) is 17.1 Å². The lowest BCUT2D eigenvalue weighted by atomic mass is 10.1. The topological polar surface area (TPSA) is 8.17 Å². The van der Waals surface area contributed by atoms with Crippen LogP contribution in [0.15, 0.2) is 132 Å². The van der Waals surface area contributed by atoms with Crippen molar-refractivity contribution in [3.63, 3.8) is 0 Å². The van der Waals surface area contributed by atoms with E-state index >= 15 is 0 Å². The molecule has 7 aromatic rings. The first-order valence-corrected chi connectivity index (χ1v) is 13.5. The number of benzene rings is 5. The van der Waals surface area contributed by atoms with Crippen molar-refractivity contribution in [1.29, 1.82) is 0 Å². The highest BCUT2D eigenvalue weighted by molar-refractivity contribution is 9.10. The second-order valence-corrected chi connectivity index (χ2v) is 10.9. The first kappa shape index (κ1) is 21.4. The lowest BCUT2D eigenvalue weighted by Crippen LogP contribution is -2.09. The fourth-order valence-corrected chi connectivity index (χ4v) is 6.62. The maximum absolute atomic E-state index is 3.62. The number of aromatic nitrogens is 1. The fraction of sp³-hybridized carbons (Fsp3) is 0. The third-order valence-electron chi connectivity index (χ3n) is 6.66. The molecular formula is C32H21BrN2S. The molecule has 0 aliphatic carbocycles. The van der Waals surface area contributed by atoms with Crippen LogP contribution in [0.3, 0.4) is 0 Å². The lowest BCUT2D eigenvalue weighted by molar-refractivity contribution is 1.13. The number of halogens is 1. The number of fused-ring (bicyclic) bond motifs is 4. The normalized spacial score (nSPS) is 11.5. The van der Waals surface area contributed by atoms with E-state index in [2.05, 4.69) is 153 Å². The van der Waals surface area contributed by atoms with Crippen molar-refractivity contribution in [2.24, 2.45) is 0 Å². The van der Waals surface area contributed by atoms with Gasteiger partial charge in [0.05, 0.1) is 5.52 Å². The third-order valence-corrected chi connectivity index (χ3v) is 8.28. The molecule has 0 atom stereocenters. The van der Waals surface area contributed by atoms with Gasteiger partial charge in [0.25, 0.3) is 0 Å². The summed E-state index contributed by atoms with van der Waals surface area (Å²) in [6.45, 7) is 0. The van der Waals surface area contributed by atoms with Crippen molar-refractivity contribution in [1.82, 2.24) is 4.57 Å². The average Bonchev–Trinajstić information content (AvgIpc) is 3.50. The molecular weight excluding hydrogens is 524 g/mol. The summed E-state index contributed by atoms with van der Waals surface area (Å²) >= 11 is 5.46. The van der Waals surface area contributed by atoms with Gasteiger partial charge in [-0.1, -0.05) is 58.4 Å². The molecule has 0 spiro atoms. The van der Waals surface area contributed by atoms with Crippen molar-refractivity contribution in [2.45, 2.75) is 0 Å². The molecule has 0 saturated heterocycles. The number of para-hydroxylation sites is 2. The molecule has 0 fully saturated rings. The first-order chi connectivity index (χ1) is 17.7. The minimum atomic E-state index is 1.11. The van der Waals surface area contributed by atoms with Crippen LogP contribution >= 0.6 is 27.3 Å². The smallest absolute Gasteiger partial charge is 0.0529 e. The largest absolute Gasteiger partial charge is 0.317 e. The Balaban J connectivity index is 1.40. The highest BCUT2D eigenvalue weighted by atomic mass is 79.9. The van der Waals surface area contributed by atoms with Gasteiger partial charge in [0.15, 0.2) is 0 Å². The van der Waals surface area contributed by atoms with E-state index in [0.717, 1.165) is 21.5 Å². The maximum atomic E-state index is 3.62.